The molecule has 0 aliphatic rings. The minimum absolute atomic E-state index is 0.0770. The first kappa shape index (κ1) is 15.9. The van der Waals surface area contributed by atoms with Gasteiger partial charge in [-0.15, -0.1) is 0 Å². The molecule has 0 atom stereocenters. The molecule has 0 aliphatic carbocycles. The van der Waals surface area contributed by atoms with Crippen LogP contribution in [0.3, 0.4) is 0 Å². The highest BCUT2D eigenvalue weighted by Gasteiger charge is 2.12. The first-order chi connectivity index (χ1) is 9.04. The van der Waals surface area contributed by atoms with Crippen molar-refractivity contribution in [2.24, 2.45) is 0 Å². The summed E-state index contributed by atoms with van der Waals surface area (Å²) in [4.78, 5) is 22.6. The van der Waals surface area contributed by atoms with Crippen LogP contribution in [-0.2, 0) is 9.47 Å². The second-order valence-corrected chi connectivity index (χ2v) is 4.97. The molecule has 0 amide bonds. The van der Waals surface area contributed by atoms with Crippen molar-refractivity contribution >= 4 is 34.5 Å². The van der Waals surface area contributed by atoms with Gasteiger partial charge in [0.15, 0.2) is 0 Å². The lowest BCUT2D eigenvalue weighted by atomic mass is 10.1. The minimum Gasteiger partial charge on any atom is -0.478 e. The van der Waals surface area contributed by atoms with Gasteiger partial charge in [0.25, 0.3) is 0 Å². The molecule has 1 N–H and O–H groups in total. The Hall–Kier alpha value is -1.15. The number of halogens is 1. The van der Waals surface area contributed by atoms with Crippen LogP contribution in [0.1, 0.15) is 34.1 Å². The van der Waals surface area contributed by atoms with Gasteiger partial charge in [-0.05, 0) is 47.7 Å². The highest BCUT2D eigenvalue weighted by Crippen LogP contribution is 2.14. The molecule has 0 aromatic heterocycles. The summed E-state index contributed by atoms with van der Waals surface area (Å²) >= 11 is 1.96. The lowest BCUT2D eigenvalue weighted by Gasteiger charge is -2.06. The molecule has 0 bridgehead atoms. The number of hydrogen-bond acceptors (Lipinski definition) is 4. The molecule has 1 rings (SSSR count). The van der Waals surface area contributed by atoms with E-state index in [2.05, 4.69) is 0 Å². The fourth-order valence-electron chi connectivity index (χ4n) is 1.38. The Balaban J connectivity index is 2.59. The van der Waals surface area contributed by atoms with Gasteiger partial charge >= 0.3 is 11.9 Å². The summed E-state index contributed by atoms with van der Waals surface area (Å²) < 4.78 is 10.8. The Morgan fingerprint density at radius 3 is 2.53 bits per heavy atom. The topological polar surface area (TPSA) is 72.8 Å². The number of esters is 1. The van der Waals surface area contributed by atoms with Crippen LogP contribution in [0.4, 0.5) is 0 Å². The van der Waals surface area contributed by atoms with Gasteiger partial charge in [-0.25, -0.2) is 9.59 Å². The molecule has 6 heteroatoms. The summed E-state index contributed by atoms with van der Waals surface area (Å²) in [6, 6.07) is 4.40. The van der Waals surface area contributed by atoms with Crippen molar-refractivity contribution in [3.63, 3.8) is 0 Å². The molecule has 19 heavy (non-hydrogen) atoms. The van der Waals surface area contributed by atoms with E-state index in [1.165, 1.54) is 12.1 Å². The third-order valence-corrected chi connectivity index (χ3v) is 2.87. The summed E-state index contributed by atoms with van der Waals surface area (Å²) in [5, 5.41) is 8.92. The third-order valence-electron chi connectivity index (χ3n) is 2.25. The molecule has 0 heterocycles. The molecule has 0 aliphatic heterocycles. The molecule has 0 saturated heterocycles. The number of carbonyl (C=O) groups excluding carboxylic acids is 1. The van der Waals surface area contributed by atoms with Crippen molar-refractivity contribution in [1.82, 2.24) is 0 Å². The molecule has 0 spiro atoms. The highest BCUT2D eigenvalue weighted by molar-refractivity contribution is 14.1. The summed E-state index contributed by atoms with van der Waals surface area (Å²) in [6.45, 7) is 3.32. The number of carboxylic acids is 1. The van der Waals surface area contributed by atoms with E-state index in [9.17, 15) is 9.59 Å². The zero-order valence-electron chi connectivity index (χ0n) is 10.5. The van der Waals surface area contributed by atoms with E-state index < -0.39 is 11.9 Å². The molecule has 0 saturated carbocycles. The van der Waals surface area contributed by atoms with Gasteiger partial charge in [0.05, 0.1) is 17.7 Å². The van der Waals surface area contributed by atoms with E-state index in [-0.39, 0.29) is 17.7 Å². The van der Waals surface area contributed by atoms with Crippen LogP contribution in [0.2, 0.25) is 0 Å². The van der Waals surface area contributed by atoms with E-state index in [0.717, 1.165) is 0 Å². The predicted molar refractivity (Wildman–Crippen MR) is 77.5 cm³/mol. The molecule has 1 aromatic rings. The fraction of sp³-hybridized carbons (Fsp3) is 0.385. The zero-order chi connectivity index (χ0) is 14.3. The normalized spacial score (nSPS) is 10.2. The van der Waals surface area contributed by atoms with Crippen LogP contribution >= 0.6 is 22.6 Å². The second-order valence-electron chi connectivity index (χ2n) is 3.72. The van der Waals surface area contributed by atoms with E-state index in [1.54, 1.807) is 6.07 Å². The fourth-order valence-corrected chi connectivity index (χ4v) is 2.06. The number of aromatic carboxylic acids is 1. The van der Waals surface area contributed by atoms with Crippen molar-refractivity contribution in [2.45, 2.75) is 13.3 Å². The van der Waals surface area contributed by atoms with Crippen LogP contribution in [0.15, 0.2) is 18.2 Å². The van der Waals surface area contributed by atoms with Gasteiger partial charge in [0, 0.05) is 23.2 Å². The van der Waals surface area contributed by atoms with Crippen LogP contribution in [0, 0.1) is 3.57 Å². The van der Waals surface area contributed by atoms with Gasteiger partial charge in [-0.3, -0.25) is 0 Å². The maximum Gasteiger partial charge on any atom is 0.338 e. The van der Waals surface area contributed by atoms with Gasteiger partial charge in [-0.1, -0.05) is 0 Å². The molecule has 1 aromatic carbocycles. The van der Waals surface area contributed by atoms with Crippen LogP contribution in [0.25, 0.3) is 0 Å². The van der Waals surface area contributed by atoms with Gasteiger partial charge < -0.3 is 14.6 Å². The Kier molecular flexibility index (Phi) is 6.79. The number of hydrogen-bond donors (Lipinski definition) is 1. The van der Waals surface area contributed by atoms with E-state index in [4.69, 9.17) is 14.6 Å². The van der Waals surface area contributed by atoms with E-state index in [0.29, 0.717) is 23.2 Å². The van der Waals surface area contributed by atoms with Crippen molar-refractivity contribution in [1.29, 1.82) is 0 Å². The average molecular weight is 378 g/mol. The Bertz CT molecular complexity index is 458. The standard InChI is InChI=1S/C13H15IO5/c1-2-18-4-3-5-19-13(17)10-6-9(12(15)16)7-11(14)8-10/h6-8H,2-5H2,1H3,(H,15,16). The number of rotatable bonds is 7. The Morgan fingerprint density at radius 2 is 1.89 bits per heavy atom. The largest absolute Gasteiger partial charge is 0.478 e. The first-order valence-electron chi connectivity index (χ1n) is 5.83. The number of benzene rings is 1. The third kappa shape index (κ3) is 5.56. The van der Waals surface area contributed by atoms with Crippen LogP contribution in [0.5, 0.6) is 0 Å². The average Bonchev–Trinajstić information content (AvgIpc) is 2.37. The minimum atomic E-state index is -1.07. The molecule has 0 fully saturated rings. The van der Waals surface area contributed by atoms with Crippen LogP contribution < -0.4 is 0 Å². The lowest BCUT2D eigenvalue weighted by Crippen LogP contribution is -2.10. The van der Waals surface area contributed by atoms with Crippen molar-refractivity contribution < 1.29 is 24.2 Å². The molecule has 104 valence electrons. The maximum absolute atomic E-state index is 11.7. The summed E-state index contributed by atoms with van der Waals surface area (Å²) in [7, 11) is 0. The Labute approximate surface area is 125 Å². The van der Waals surface area contributed by atoms with Gasteiger partial charge in [0.2, 0.25) is 0 Å². The highest BCUT2D eigenvalue weighted by atomic mass is 127. The quantitative estimate of drug-likeness (QED) is 0.449. The molecule has 0 unspecified atom stereocenters. The molecular weight excluding hydrogens is 363 g/mol. The molecule has 0 radical (unpaired) electrons. The van der Waals surface area contributed by atoms with Gasteiger partial charge in [-0.2, -0.15) is 0 Å². The lowest BCUT2D eigenvalue weighted by molar-refractivity contribution is 0.0452. The smallest absolute Gasteiger partial charge is 0.338 e. The van der Waals surface area contributed by atoms with Crippen molar-refractivity contribution in [3.05, 3.63) is 32.9 Å². The van der Waals surface area contributed by atoms with Gasteiger partial charge in [0.1, 0.15) is 0 Å². The predicted octanol–water partition coefficient (Wildman–Crippen LogP) is 2.57. The monoisotopic (exact) mass is 378 g/mol. The summed E-state index contributed by atoms with van der Waals surface area (Å²) in [6.07, 6.45) is 0.620. The zero-order valence-corrected chi connectivity index (χ0v) is 12.7. The maximum atomic E-state index is 11.7. The summed E-state index contributed by atoms with van der Waals surface area (Å²) in [5.74, 6) is -1.58. The number of carboxylic acid groups (broad SMARTS) is 1. The van der Waals surface area contributed by atoms with Crippen molar-refractivity contribution in [2.75, 3.05) is 19.8 Å². The van der Waals surface area contributed by atoms with E-state index >= 15 is 0 Å². The van der Waals surface area contributed by atoms with Crippen LogP contribution in [-0.4, -0.2) is 36.9 Å². The number of carbonyl (C=O) groups is 2. The molecule has 5 nitrogen and oxygen atoms in total. The molecular formula is C13H15IO5. The van der Waals surface area contributed by atoms with E-state index in [1.807, 2.05) is 29.5 Å². The van der Waals surface area contributed by atoms with Crippen molar-refractivity contribution in [3.8, 4) is 0 Å². The SMILES string of the molecule is CCOCCCOC(=O)c1cc(I)cc(C(=O)O)c1. The first-order valence-corrected chi connectivity index (χ1v) is 6.91. The number of ether oxygens (including phenoxy) is 2. The second kappa shape index (κ2) is 8.11. The summed E-state index contributed by atoms with van der Waals surface area (Å²) in [5.41, 5.74) is 0.328. The Morgan fingerprint density at radius 1 is 1.21 bits per heavy atom.